The van der Waals surface area contributed by atoms with Crippen molar-refractivity contribution in [3.8, 4) is 5.75 Å². The number of hydrogen-bond acceptors (Lipinski definition) is 11. The first kappa shape index (κ1) is 40.3. The van der Waals surface area contributed by atoms with Gasteiger partial charge in [-0.25, -0.2) is 9.78 Å². The number of nitrogens with one attached hydrogen (secondary N) is 3. The summed E-state index contributed by atoms with van der Waals surface area (Å²) in [6.07, 6.45) is 5.99. The van der Waals surface area contributed by atoms with Crippen LogP contribution >= 0.6 is 0 Å². The van der Waals surface area contributed by atoms with Crippen LogP contribution in [0.25, 0.3) is 0 Å². The Bertz CT molecular complexity index is 1780. The van der Waals surface area contributed by atoms with Gasteiger partial charge in [-0.3, -0.25) is 19.4 Å². The summed E-state index contributed by atoms with van der Waals surface area (Å²) in [7, 11) is -2.07. The SMILES string of the molecule is CC(C)C[C@H](NC(=O)[C@H](Cc1ccccc1)NC(=O)[C@H](Cc1ccc(O)cc1)NC(=O)c1cnccn1)C(=O)OC12CC(CCC1(C)OB(O)O)C2(C)C. The monoisotopic (exact) mass is 743 g/mol. The number of nitrogens with zero attached hydrogens (tertiary/aromatic N) is 2. The van der Waals surface area contributed by atoms with Crippen LogP contribution in [0.5, 0.6) is 5.75 Å². The lowest BCUT2D eigenvalue weighted by molar-refractivity contribution is -0.317. The molecule has 2 bridgehead atoms. The summed E-state index contributed by atoms with van der Waals surface area (Å²) in [5, 5.41) is 37.8. The van der Waals surface area contributed by atoms with Crippen molar-refractivity contribution in [2.45, 2.75) is 102 Å². The molecule has 3 unspecified atom stereocenters. The molecule has 0 saturated heterocycles. The number of carbonyl (C=O) groups is 4. The Kier molecular flexibility index (Phi) is 12.4. The summed E-state index contributed by atoms with van der Waals surface area (Å²) in [6, 6.07) is 11.7. The molecule has 3 aliphatic carbocycles. The van der Waals surface area contributed by atoms with E-state index in [2.05, 4.69) is 25.9 Å². The zero-order valence-corrected chi connectivity index (χ0v) is 31.3. The lowest BCUT2D eigenvalue weighted by Gasteiger charge is -2.70. The Hall–Kier alpha value is -4.86. The molecule has 6 N–H and O–H groups in total. The van der Waals surface area contributed by atoms with Crippen molar-refractivity contribution in [1.82, 2.24) is 25.9 Å². The highest BCUT2D eigenvalue weighted by atomic mass is 16.7. The maximum Gasteiger partial charge on any atom is 0.634 e. The van der Waals surface area contributed by atoms with Crippen LogP contribution in [0, 0.1) is 17.3 Å². The maximum atomic E-state index is 14.3. The van der Waals surface area contributed by atoms with Gasteiger partial charge in [-0.15, -0.1) is 0 Å². The molecule has 1 heterocycles. The number of fused-ring (bicyclic) bond motifs is 2. The molecule has 1 aromatic heterocycles. The highest BCUT2D eigenvalue weighted by Crippen LogP contribution is 2.68. The van der Waals surface area contributed by atoms with Gasteiger partial charge in [0.05, 0.1) is 11.8 Å². The average Bonchev–Trinajstić information content (AvgIpc) is 3.12. The van der Waals surface area contributed by atoms with Gasteiger partial charge in [0.15, 0.2) is 0 Å². The molecule has 0 spiro atoms. The third-order valence-electron chi connectivity index (χ3n) is 11.1. The molecule has 3 saturated carbocycles. The van der Waals surface area contributed by atoms with Crippen molar-refractivity contribution in [1.29, 1.82) is 0 Å². The van der Waals surface area contributed by atoms with Crippen LogP contribution in [0.4, 0.5) is 0 Å². The Morgan fingerprint density at radius 2 is 1.48 bits per heavy atom. The van der Waals surface area contributed by atoms with Crippen molar-refractivity contribution in [2.24, 2.45) is 17.3 Å². The zero-order chi connectivity index (χ0) is 39.3. The number of ether oxygens (including phenoxy) is 1. The van der Waals surface area contributed by atoms with Crippen LogP contribution in [0.2, 0.25) is 0 Å². The molecule has 3 aromatic rings. The van der Waals surface area contributed by atoms with Crippen molar-refractivity contribution in [2.75, 3.05) is 0 Å². The molecule has 6 rings (SSSR count). The third kappa shape index (κ3) is 8.91. The number of hydrogen-bond donors (Lipinski definition) is 6. The molecule has 14 nitrogen and oxygen atoms in total. The van der Waals surface area contributed by atoms with E-state index in [1.807, 2.05) is 45.9 Å². The summed E-state index contributed by atoms with van der Waals surface area (Å²) in [5.41, 5.74) is -1.59. The first-order chi connectivity index (χ1) is 25.5. The van der Waals surface area contributed by atoms with E-state index in [4.69, 9.17) is 9.39 Å². The molecule has 2 aromatic carbocycles. The smallest absolute Gasteiger partial charge is 0.508 e. The van der Waals surface area contributed by atoms with E-state index in [-0.39, 0.29) is 42.5 Å². The summed E-state index contributed by atoms with van der Waals surface area (Å²) >= 11 is 0. The van der Waals surface area contributed by atoms with Crippen LogP contribution < -0.4 is 16.0 Å². The second-order valence-corrected chi connectivity index (χ2v) is 15.5. The van der Waals surface area contributed by atoms with Crippen LogP contribution in [-0.2, 0) is 36.6 Å². The van der Waals surface area contributed by atoms with Gasteiger partial charge in [0.25, 0.3) is 5.91 Å². The number of rotatable bonds is 16. The van der Waals surface area contributed by atoms with Crippen LogP contribution in [0.15, 0.2) is 73.2 Å². The van der Waals surface area contributed by atoms with Crippen molar-refractivity contribution in [3.63, 3.8) is 0 Å². The summed E-state index contributed by atoms with van der Waals surface area (Å²) in [4.78, 5) is 63.7. The molecule has 54 heavy (non-hydrogen) atoms. The number of amides is 3. The molecule has 15 heteroatoms. The van der Waals surface area contributed by atoms with Gasteiger partial charge in [0.1, 0.15) is 35.2 Å². The van der Waals surface area contributed by atoms with Gasteiger partial charge in [-0.05, 0) is 67.7 Å². The van der Waals surface area contributed by atoms with Crippen LogP contribution in [0.1, 0.15) is 81.9 Å². The Morgan fingerprint density at radius 1 is 0.870 bits per heavy atom. The number of benzene rings is 2. The van der Waals surface area contributed by atoms with Gasteiger partial charge in [0.2, 0.25) is 11.8 Å². The topological polar surface area (TPSA) is 209 Å². The lowest BCUT2D eigenvalue weighted by atomic mass is 9.41. The van der Waals surface area contributed by atoms with E-state index in [0.29, 0.717) is 18.4 Å². The van der Waals surface area contributed by atoms with E-state index in [0.717, 1.165) is 12.0 Å². The Labute approximate surface area is 315 Å². The maximum absolute atomic E-state index is 14.3. The number of esters is 1. The molecule has 0 radical (unpaired) electrons. The second kappa shape index (κ2) is 16.7. The van der Waals surface area contributed by atoms with Crippen molar-refractivity contribution < 1.29 is 43.7 Å². The normalized spacial score (nSPS) is 22.9. The Morgan fingerprint density at radius 3 is 2.06 bits per heavy atom. The highest BCUT2D eigenvalue weighted by Gasteiger charge is 2.74. The van der Waals surface area contributed by atoms with E-state index >= 15 is 0 Å². The first-order valence-corrected chi connectivity index (χ1v) is 18.3. The van der Waals surface area contributed by atoms with Gasteiger partial charge in [0, 0.05) is 30.7 Å². The predicted molar refractivity (Wildman–Crippen MR) is 198 cm³/mol. The minimum absolute atomic E-state index is 0.0111. The van der Waals surface area contributed by atoms with Gasteiger partial charge in [-0.1, -0.05) is 70.2 Å². The summed E-state index contributed by atoms with van der Waals surface area (Å²) in [5.74, 6) is -2.45. The fourth-order valence-corrected chi connectivity index (χ4v) is 8.00. The first-order valence-electron chi connectivity index (χ1n) is 18.3. The predicted octanol–water partition coefficient (Wildman–Crippen LogP) is 2.65. The van der Waals surface area contributed by atoms with Crippen LogP contribution in [0.3, 0.4) is 0 Å². The molecule has 0 aliphatic heterocycles. The fourth-order valence-electron chi connectivity index (χ4n) is 8.00. The number of aromatic hydroxyl groups is 1. The molecule has 3 amide bonds. The van der Waals surface area contributed by atoms with E-state index < -0.39 is 65.8 Å². The quantitative estimate of drug-likeness (QED) is 0.0929. The lowest BCUT2D eigenvalue weighted by Crippen LogP contribution is -2.78. The number of aromatic nitrogens is 2. The highest BCUT2D eigenvalue weighted by molar-refractivity contribution is 6.32. The Balaban J connectivity index is 1.40. The average molecular weight is 744 g/mol. The molecule has 6 atom stereocenters. The molecule has 3 aliphatic rings. The van der Waals surface area contributed by atoms with Gasteiger partial charge >= 0.3 is 13.3 Å². The molecular weight excluding hydrogens is 693 g/mol. The van der Waals surface area contributed by atoms with Crippen molar-refractivity contribution >= 4 is 31.0 Å². The van der Waals surface area contributed by atoms with Gasteiger partial charge < -0.3 is 40.5 Å². The summed E-state index contributed by atoms with van der Waals surface area (Å²) < 4.78 is 12.0. The number of carbonyl (C=O) groups excluding carboxylic acids is 4. The standard InChI is InChI=1S/C39H50BN5O9/c1-24(2)19-31(36(50)53-39-22-27(37(39,3)4)15-16-38(39,5)54-40(51)52)45-34(48)29(20-25-9-7-6-8-10-25)43-33(47)30(21-26-11-13-28(46)14-12-26)44-35(49)32-23-41-17-18-42-32/h6-14,17-18,23-24,27,29-31,46,51-52H,15-16,19-22H2,1-5H3,(H,43,47)(H,44,49)(H,45,48)/t27?,29-,30-,31-,38?,39?/m0/s1. The number of phenols is 1. The number of phenolic OH excluding ortho intramolecular Hbond substituents is 1. The van der Waals surface area contributed by atoms with Crippen molar-refractivity contribution in [3.05, 3.63) is 90.0 Å². The minimum atomic E-state index is -2.07. The van der Waals surface area contributed by atoms with Crippen LogP contribution in [-0.4, -0.2) is 85.5 Å². The summed E-state index contributed by atoms with van der Waals surface area (Å²) in [6.45, 7) is 9.47. The van der Waals surface area contributed by atoms with Gasteiger partial charge in [-0.2, -0.15) is 0 Å². The third-order valence-corrected chi connectivity index (χ3v) is 11.1. The molecule has 288 valence electrons. The minimum Gasteiger partial charge on any atom is -0.508 e. The van der Waals surface area contributed by atoms with E-state index in [1.54, 1.807) is 31.2 Å². The van der Waals surface area contributed by atoms with E-state index in [9.17, 15) is 34.3 Å². The second-order valence-electron chi connectivity index (χ2n) is 15.5. The van der Waals surface area contributed by atoms with E-state index in [1.165, 1.54) is 30.7 Å². The molecular formula is C39H50BN5O9. The fraction of sp³-hybridized carbons (Fsp3) is 0.487. The largest absolute Gasteiger partial charge is 0.634 e. The molecule has 3 fully saturated rings. The zero-order valence-electron chi connectivity index (χ0n) is 31.3.